The lowest BCUT2D eigenvalue weighted by atomic mass is 9.94. The molecule has 1 aromatic rings. The molecule has 2 amide bonds. The topological polar surface area (TPSA) is 145 Å². The van der Waals surface area contributed by atoms with E-state index in [9.17, 15) is 24.0 Å². The molecular weight excluding hydrogens is 602 g/mol. The quantitative estimate of drug-likeness (QED) is 0.227. The van der Waals surface area contributed by atoms with Crippen LogP contribution in [0.4, 0.5) is 0 Å². The SMILES string of the molecule is CCCCCCCC(=O)OC1/C=C(C)\C=C\CNC(=O)/C=C\C(C)C(C(C)C)OC(=O)C2C=CCN2C(=O)c2coc(n2)CC(=O)C1. The van der Waals surface area contributed by atoms with E-state index in [1.807, 2.05) is 27.7 Å². The summed E-state index contributed by atoms with van der Waals surface area (Å²) in [6.07, 6.45) is 16.3. The van der Waals surface area contributed by atoms with Gasteiger partial charge in [-0.1, -0.05) is 89.3 Å². The number of carbonyl (C=O) groups excluding carboxylic acids is 5. The molecule has 0 aliphatic carbocycles. The number of allylic oxidation sites excluding steroid dienone is 2. The lowest BCUT2D eigenvalue weighted by Crippen LogP contribution is -2.44. The summed E-state index contributed by atoms with van der Waals surface area (Å²) in [5.74, 6) is -2.43. The van der Waals surface area contributed by atoms with Gasteiger partial charge in [-0.25, -0.2) is 9.78 Å². The van der Waals surface area contributed by atoms with Gasteiger partial charge in [0.15, 0.2) is 5.69 Å². The first kappa shape index (κ1) is 37.2. The van der Waals surface area contributed by atoms with Gasteiger partial charge in [-0.2, -0.15) is 0 Å². The molecule has 3 heterocycles. The molecule has 11 nitrogen and oxygen atoms in total. The molecule has 0 spiro atoms. The number of fused-ring (bicyclic) bond motifs is 3. The fourth-order valence-electron chi connectivity index (χ4n) is 5.49. The number of ether oxygens (including phenoxy) is 2. The number of amides is 2. The second-order valence-corrected chi connectivity index (χ2v) is 12.5. The van der Waals surface area contributed by atoms with E-state index < -0.39 is 30.1 Å². The molecule has 0 saturated heterocycles. The smallest absolute Gasteiger partial charge is 0.333 e. The van der Waals surface area contributed by atoms with E-state index in [2.05, 4.69) is 17.2 Å². The Morgan fingerprint density at radius 2 is 1.85 bits per heavy atom. The van der Waals surface area contributed by atoms with Crippen molar-refractivity contribution in [2.45, 2.75) is 104 Å². The largest absolute Gasteiger partial charge is 0.460 e. The lowest BCUT2D eigenvalue weighted by molar-refractivity contribution is -0.156. The zero-order chi connectivity index (χ0) is 34.3. The van der Waals surface area contributed by atoms with Crippen LogP contribution >= 0.6 is 0 Å². The van der Waals surface area contributed by atoms with Gasteiger partial charge in [0.2, 0.25) is 11.8 Å². The van der Waals surface area contributed by atoms with Gasteiger partial charge >= 0.3 is 11.9 Å². The first-order valence-electron chi connectivity index (χ1n) is 16.6. The highest BCUT2D eigenvalue weighted by molar-refractivity contribution is 5.96. The number of nitrogens with one attached hydrogen (secondary N) is 1. The van der Waals surface area contributed by atoms with E-state index in [1.54, 1.807) is 36.5 Å². The van der Waals surface area contributed by atoms with Crippen molar-refractivity contribution in [3.8, 4) is 0 Å². The molecule has 4 unspecified atom stereocenters. The summed E-state index contributed by atoms with van der Waals surface area (Å²) in [7, 11) is 0. The average Bonchev–Trinajstić information content (AvgIpc) is 3.70. The molecule has 2 bridgehead atoms. The van der Waals surface area contributed by atoms with Crippen molar-refractivity contribution in [3.63, 3.8) is 0 Å². The highest BCUT2D eigenvalue weighted by Crippen LogP contribution is 2.23. The second kappa shape index (κ2) is 18.8. The van der Waals surface area contributed by atoms with Crippen LogP contribution in [-0.4, -0.2) is 70.8 Å². The van der Waals surface area contributed by atoms with E-state index in [4.69, 9.17) is 13.9 Å². The maximum atomic E-state index is 13.4. The molecule has 3 rings (SSSR count). The molecule has 2 aliphatic rings. The van der Waals surface area contributed by atoms with Crippen molar-refractivity contribution in [3.05, 3.63) is 66.0 Å². The predicted octanol–water partition coefficient (Wildman–Crippen LogP) is 5.22. The van der Waals surface area contributed by atoms with Gasteiger partial charge in [-0.3, -0.25) is 19.2 Å². The fourth-order valence-corrected chi connectivity index (χ4v) is 5.49. The lowest BCUT2D eigenvalue weighted by Gasteiger charge is -2.29. The molecule has 256 valence electrons. The molecular formula is C36H49N3O8. The van der Waals surface area contributed by atoms with E-state index in [-0.39, 0.29) is 73.4 Å². The summed E-state index contributed by atoms with van der Waals surface area (Å²) in [6.45, 7) is 10.1. The monoisotopic (exact) mass is 651 g/mol. The maximum absolute atomic E-state index is 13.4. The van der Waals surface area contributed by atoms with Crippen LogP contribution in [0.2, 0.25) is 0 Å². The minimum atomic E-state index is -0.962. The third-order valence-electron chi connectivity index (χ3n) is 7.98. The van der Waals surface area contributed by atoms with Crippen LogP contribution in [0.1, 0.15) is 95.9 Å². The van der Waals surface area contributed by atoms with Crippen LogP contribution in [0.5, 0.6) is 0 Å². The highest BCUT2D eigenvalue weighted by Gasteiger charge is 2.36. The van der Waals surface area contributed by atoms with Crippen molar-refractivity contribution in [1.29, 1.82) is 0 Å². The summed E-state index contributed by atoms with van der Waals surface area (Å²) in [5, 5.41) is 2.79. The van der Waals surface area contributed by atoms with Crippen molar-refractivity contribution < 1.29 is 37.9 Å². The van der Waals surface area contributed by atoms with Gasteiger partial charge in [-0.05, 0) is 31.4 Å². The van der Waals surface area contributed by atoms with Gasteiger partial charge in [0.25, 0.3) is 5.91 Å². The van der Waals surface area contributed by atoms with E-state index in [0.29, 0.717) is 6.42 Å². The standard InChI is InChI=1S/C36H49N3O8/c1-6-7-8-9-10-15-33(42)46-28-20-25(4)13-11-18-37-31(41)17-16-26(5)34(24(2)3)47-36(44)30-14-12-19-39(30)35(43)29-23-45-32(38-29)22-27(40)21-28/h11-14,16-17,20,23-24,26,28,30,34H,6-10,15,18-19,21-22H2,1-5H3,(H,37,41)/b13-11+,17-16-,25-20-. The van der Waals surface area contributed by atoms with E-state index in [1.165, 1.54) is 17.2 Å². The number of rotatable bonds is 8. The van der Waals surface area contributed by atoms with Crippen molar-refractivity contribution in [1.82, 2.24) is 15.2 Å². The number of hydrogen-bond donors (Lipinski definition) is 1. The predicted molar refractivity (Wildman–Crippen MR) is 176 cm³/mol. The number of oxazole rings is 1. The van der Waals surface area contributed by atoms with E-state index in [0.717, 1.165) is 31.3 Å². The minimum absolute atomic E-state index is 0.0395. The van der Waals surface area contributed by atoms with Crippen LogP contribution in [-0.2, 0) is 35.1 Å². The Balaban J connectivity index is 1.83. The number of hydrogen-bond acceptors (Lipinski definition) is 9. The second-order valence-electron chi connectivity index (χ2n) is 12.5. The Kier molecular flexibility index (Phi) is 14.8. The number of Topliss-reactive ketones (excluding diaryl/α,β-unsaturated/α-hetero) is 1. The van der Waals surface area contributed by atoms with Crippen molar-refractivity contribution in [2.24, 2.45) is 11.8 Å². The van der Waals surface area contributed by atoms with Crippen LogP contribution in [0.15, 0.2) is 58.8 Å². The molecule has 2 aliphatic heterocycles. The number of nitrogens with zero attached hydrogens (tertiary/aromatic N) is 2. The number of unbranched alkanes of at least 4 members (excludes halogenated alkanes) is 4. The number of carbonyl (C=O) groups is 5. The Morgan fingerprint density at radius 1 is 1.09 bits per heavy atom. The molecule has 0 fully saturated rings. The van der Waals surface area contributed by atoms with Crippen LogP contribution < -0.4 is 5.32 Å². The summed E-state index contributed by atoms with van der Waals surface area (Å²) >= 11 is 0. The van der Waals surface area contributed by atoms with E-state index >= 15 is 0 Å². The summed E-state index contributed by atoms with van der Waals surface area (Å²) in [5.41, 5.74) is 0.706. The van der Waals surface area contributed by atoms with Crippen molar-refractivity contribution >= 4 is 29.5 Å². The average molecular weight is 652 g/mol. The third kappa shape index (κ3) is 12.1. The molecule has 47 heavy (non-hydrogen) atoms. The van der Waals surface area contributed by atoms with Gasteiger partial charge in [0, 0.05) is 31.8 Å². The van der Waals surface area contributed by atoms with Gasteiger partial charge in [-0.15, -0.1) is 0 Å². The molecule has 4 atom stereocenters. The fraction of sp³-hybridized carbons (Fsp3) is 0.556. The molecule has 0 aromatic carbocycles. The first-order chi connectivity index (χ1) is 22.5. The molecule has 0 saturated carbocycles. The first-order valence-corrected chi connectivity index (χ1v) is 16.6. The number of cyclic esters (lactones) is 1. The minimum Gasteiger partial charge on any atom is -0.460 e. The van der Waals surface area contributed by atoms with Gasteiger partial charge in [0.1, 0.15) is 30.3 Å². The zero-order valence-corrected chi connectivity index (χ0v) is 28.2. The Morgan fingerprint density at radius 3 is 2.60 bits per heavy atom. The normalized spacial score (nSPS) is 25.8. The molecule has 0 radical (unpaired) electrons. The molecule has 11 heteroatoms. The third-order valence-corrected chi connectivity index (χ3v) is 7.98. The number of esters is 2. The molecule has 1 aromatic heterocycles. The maximum Gasteiger partial charge on any atom is 0.333 e. The number of ketones is 1. The van der Waals surface area contributed by atoms with Crippen LogP contribution in [0, 0.1) is 11.8 Å². The van der Waals surface area contributed by atoms with Crippen LogP contribution in [0.3, 0.4) is 0 Å². The Hall–Kier alpha value is -4.28. The summed E-state index contributed by atoms with van der Waals surface area (Å²) < 4.78 is 17.0. The highest BCUT2D eigenvalue weighted by atomic mass is 16.5. The van der Waals surface area contributed by atoms with Crippen molar-refractivity contribution in [2.75, 3.05) is 13.1 Å². The van der Waals surface area contributed by atoms with Crippen LogP contribution in [0.25, 0.3) is 0 Å². The van der Waals surface area contributed by atoms with Gasteiger partial charge < -0.3 is 24.1 Å². The molecule has 1 N–H and O–H groups in total. The van der Waals surface area contributed by atoms with Gasteiger partial charge in [0.05, 0.1) is 6.42 Å². The summed E-state index contributed by atoms with van der Waals surface area (Å²) in [6, 6.07) is -0.962. The zero-order valence-electron chi connectivity index (χ0n) is 28.2. The Bertz CT molecular complexity index is 1370. The number of aromatic nitrogens is 1. The summed E-state index contributed by atoms with van der Waals surface area (Å²) in [4.78, 5) is 70.5. The Labute approximate surface area is 277 Å².